The topological polar surface area (TPSA) is 76.8 Å². The number of carbonyl (C=O) groups excluding carboxylic acids is 1. The normalized spacial score (nSPS) is 18.4. The molecule has 0 radical (unpaired) electrons. The number of benzene rings is 2. The highest BCUT2D eigenvalue weighted by Crippen LogP contribution is 2.23. The number of anilines is 1. The molecule has 3 aromatic rings. The predicted octanol–water partition coefficient (Wildman–Crippen LogP) is 2.31. The lowest BCUT2D eigenvalue weighted by Gasteiger charge is -2.37. The number of carbonyl (C=O) groups is 1. The van der Waals surface area contributed by atoms with E-state index in [2.05, 4.69) is 36.9 Å². The molecule has 0 spiro atoms. The van der Waals surface area contributed by atoms with Crippen LogP contribution < -0.4 is 16.1 Å². The van der Waals surface area contributed by atoms with Crippen LogP contribution in [0, 0.1) is 13.8 Å². The zero-order chi connectivity index (χ0) is 24.5. The summed E-state index contributed by atoms with van der Waals surface area (Å²) in [5, 5.41) is 0.442. The molecule has 5 rings (SSSR count). The fraction of sp³-hybridized carbons (Fsp3) is 0.444. The van der Waals surface area contributed by atoms with Crippen LogP contribution in [0.1, 0.15) is 24.0 Å². The molecule has 1 amide bonds. The molecule has 1 atom stereocenters. The first-order valence-electron chi connectivity index (χ1n) is 12.4. The van der Waals surface area contributed by atoms with Crippen LogP contribution in [0.4, 0.5) is 5.69 Å². The summed E-state index contributed by atoms with van der Waals surface area (Å²) in [5.41, 5.74) is 3.36. The lowest BCUT2D eigenvalue weighted by Crippen LogP contribution is -2.51. The van der Waals surface area contributed by atoms with Gasteiger partial charge in [-0.1, -0.05) is 24.3 Å². The molecule has 0 bridgehead atoms. The molecule has 184 valence electrons. The zero-order valence-electron chi connectivity index (χ0n) is 20.4. The van der Waals surface area contributed by atoms with Crippen LogP contribution in [-0.4, -0.2) is 58.8 Å². The number of hydrogen-bond donors (Lipinski definition) is 0. The van der Waals surface area contributed by atoms with Crippen LogP contribution in [0.15, 0.2) is 52.1 Å². The molecule has 0 unspecified atom stereocenters. The molecule has 8 heteroatoms. The third-order valence-electron chi connectivity index (χ3n) is 7.17. The van der Waals surface area contributed by atoms with Crippen molar-refractivity contribution in [2.75, 3.05) is 37.7 Å². The van der Waals surface area contributed by atoms with Crippen LogP contribution in [-0.2, 0) is 22.6 Å². The second kappa shape index (κ2) is 9.70. The first-order chi connectivity index (χ1) is 16.9. The van der Waals surface area contributed by atoms with Crippen molar-refractivity contribution in [3.05, 3.63) is 74.4 Å². The van der Waals surface area contributed by atoms with Crippen molar-refractivity contribution in [1.82, 2.24) is 14.0 Å². The van der Waals surface area contributed by atoms with E-state index in [0.29, 0.717) is 30.6 Å². The van der Waals surface area contributed by atoms with Gasteiger partial charge in [0, 0.05) is 38.5 Å². The Kier molecular flexibility index (Phi) is 6.47. The molecule has 2 aromatic carbocycles. The molecule has 8 nitrogen and oxygen atoms in total. The number of rotatable bonds is 5. The van der Waals surface area contributed by atoms with Crippen LogP contribution in [0.25, 0.3) is 10.9 Å². The number of aromatic nitrogens is 2. The van der Waals surface area contributed by atoms with Gasteiger partial charge >= 0.3 is 5.69 Å². The molecule has 0 saturated carbocycles. The second-order valence-electron chi connectivity index (χ2n) is 9.59. The highest BCUT2D eigenvalue weighted by Gasteiger charge is 2.25. The van der Waals surface area contributed by atoms with Crippen molar-refractivity contribution < 1.29 is 9.53 Å². The monoisotopic (exact) mass is 476 g/mol. The molecule has 0 aliphatic carbocycles. The average Bonchev–Trinajstić information content (AvgIpc) is 3.39. The van der Waals surface area contributed by atoms with Crippen LogP contribution >= 0.6 is 0 Å². The van der Waals surface area contributed by atoms with Crippen LogP contribution in [0.5, 0.6) is 0 Å². The summed E-state index contributed by atoms with van der Waals surface area (Å²) in [6.45, 7) is 7.63. The highest BCUT2D eigenvalue weighted by atomic mass is 16.5. The number of ether oxygens (including phenoxy) is 1. The maximum Gasteiger partial charge on any atom is 0.332 e. The van der Waals surface area contributed by atoms with Gasteiger partial charge in [0.15, 0.2) is 0 Å². The Morgan fingerprint density at radius 2 is 1.77 bits per heavy atom. The molecule has 2 aliphatic heterocycles. The van der Waals surface area contributed by atoms with Gasteiger partial charge in [0.2, 0.25) is 5.91 Å². The SMILES string of the molecule is Cc1ccc(C)c(N2CCN(C(=O)Cn3c(=O)n(C[C@H]4CCCO4)c(=O)c4ccccc43)CC2)c1. The number of nitrogens with zero attached hydrogens (tertiary/aromatic N) is 4. The number of amides is 1. The minimum absolute atomic E-state index is 0.0887. The standard InChI is InChI=1S/C27H32N4O4/c1-19-9-10-20(2)24(16-19)28-11-13-29(14-12-28)25(32)18-30-23-8-4-3-7-22(23)26(33)31(27(30)34)17-21-6-5-15-35-21/h3-4,7-10,16,21H,5-6,11-15,17-18H2,1-2H3/t21-/m1/s1. The molecule has 1 aromatic heterocycles. The molecule has 35 heavy (non-hydrogen) atoms. The van der Waals surface area contributed by atoms with E-state index in [1.54, 1.807) is 24.3 Å². The largest absolute Gasteiger partial charge is 0.376 e. The summed E-state index contributed by atoms with van der Waals surface area (Å²) < 4.78 is 8.36. The van der Waals surface area contributed by atoms with E-state index >= 15 is 0 Å². The van der Waals surface area contributed by atoms with E-state index in [0.717, 1.165) is 25.9 Å². The number of fused-ring (bicyclic) bond motifs is 1. The fourth-order valence-electron chi connectivity index (χ4n) is 5.17. The minimum atomic E-state index is -0.452. The van der Waals surface area contributed by atoms with E-state index < -0.39 is 5.69 Å². The molecule has 2 aliphatic rings. The van der Waals surface area contributed by atoms with Gasteiger partial charge in [-0.05, 0) is 56.0 Å². The van der Waals surface area contributed by atoms with E-state index in [9.17, 15) is 14.4 Å². The minimum Gasteiger partial charge on any atom is -0.376 e. The van der Waals surface area contributed by atoms with Gasteiger partial charge in [-0.3, -0.25) is 18.7 Å². The Morgan fingerprint density at radius 1 is 1.00 bits per heavy atom. The number of piperazine rings is 1. The highest BCUT2D eigenvalue weighted by molar-refractivity contribution is 5.82. The quantitative estimate of drug-likeness (QED) is 0.565. The van der Waals surface area contributed by atoms with Gasteiger partial charge in [0.05, 0.1) is 23.6 Å². The van der Waals surface area contributed by atoms with Crippen molar-refractivity contribution in [3.8, 4) is 0 Å². The Bertz CT molecular complexity index is 1360. The second-order valence-corrected chi connectivity index (χ2v) is 9.59. The Morgan fingerprint density at radius 3 is 2.51 bits per heavy atom. The maximum absolute atomic E-state index is 13.4. The summed E-state index contributed by atoms with van der Waals surface area (Å²) in [6, 6.07) is 13.5. The van der Waals surface area contributed by atoms with Crippen molar-refractivity contribution in [1.29, 1.82) is 0 Å². The summed E-state index contributed by atoms with van der Waals surface area (Å²) in [5.74, 6) is -0.111. The Hall–Kier alpha value is -3.39. The lowest BCUT2D eigenvalue weighted by molar-refractivity contribution is -0.132. The van der Waals surface area contributed by atoms with Crippen molar-refractivity contribution in [3.63, 3.8) is 0 Å². The van der Waals surface area contributed by atoms with Gasteiger partial charge in [0.25, 0.3) is 5.56 Å². The van der Waals surface area contributed by atoms with Crippen LogP contribution in [0.3, 0.4) is 0 Å². The zero-order valence-corrected chi connectivity index (χ0v) is 20.4. The Labute approximate surface area is 204 Å². The fourth-order valence-corrected chi connectivity index (χ4v) is 5.17. The lowest BCUT2D eigenvalue weighted by atomic mass is 10.1. The smallest absolute Gasteiger partial charge is 0.332 e. The summed E-state index contributed by atoms with van der Waals surface area (Å²) >= 11 is 0. The molecule has 2 fully saturated rings. The summed E-state index contributed by atoms with van der Waals surface area (Å²) in [7, 11) is 0. The molecular weight excluding hydrogens is 444 g/mol. The first-order valence-corrected chi connectivity index (χ1v) is 12.4. The third kappa shape index (κ3) is 4.62. The predicted molar refractivity (Wildman–Crippen MR) is 136 cm³/mol. The van der Waals surface area contributed by atoms with Gasteiger partial charge in [-0.2, -0.15) is 0 Å². The summed E-state index contributed by atoms with van der Waals surface area (Å²) in [4.78, 5) is 43.9. The van der Waals surface area contributed by atoms with Crippen molar-refractivity contribution in [2.24, 2.45) is 0 Å². The molecule has 2 saturated heterocycles. The van der Waals surface area contributed by atoms with Gasteiger partial charge in [-0.15, -0.1) is 0 Å². The van der Waals surface area contributed by atoms with E-state index in [1.807, 2.05) is 4.90 Å². The van der Waals surface area contributed by atoms with Gasteiger partial charge in [0.1, 0.15) is 6.54 Å². The van der Waals surface area contributed by atoms with Gasteiger partial charge < -0.3 is 14.5 Å². The average molecular weight is 477 g/mol. The number of para-hydroxylation sites is 1. The van der Waals surface area contributed by atoms with E-state index in [1.165, 1.54) is 25.9 Å². The van der Waals surface area contributed by atoms with Gasteiger partial charge in [-0.25, -0.2) is 4.79 Å². The van der Waals surface area contributed by atoms with Crippen molar-refractivity contribution >= 4 is 22.5 Å². The first kappa shape index (κ1) is 23.4. The molecule has 0 N–H and O–H groups in total. The third-order valence-corrected chi connectivity index (χ3v) is 7.17. The van der Waals surface area contributed by atoms with E-state index in [-0.39, 0.29) is 30.7 Å². The molecular formula is C27H32N4O4. The number of aryl methyl sites for hydroxylation is 2. The maximum atomic E-state index is 13.4. The van der Waals surface area contributed by atoms with E-state index in [4.69, 9.17) is 4.74 Å². The number of hydrogen-bond acceptors (Lipinski definition) is 5. The summed E-state index contributed by atoms with van der Waals surface area (Å²) in [6.07, 6.45) is 1.60. The van der Waals surface area contributed by atoms with Crippen molar-refractivity contribution in [2.45, 2.75) is 45.9 Å². The van der Waals surface area contributed by atoms with Crippen LogP contribution in [0.2, 0.25) is 0 Å². The Balaban J connectivity index is 1.37. The molecule has 3 heterocycles.